The van der Waals surface area contributed by atoms with Gasteiger partial charge in [0.1, 0.15) is 6.33 Å². The molecule has 5 rings (SSSR count). The normalized spacial score (nSPS) is 23.2. The zero-order valence-electron chi connectivity index (χ0n) is 15.0. The molecule has 0 unspecified atom stereocenters. The average molecular weight is 372 g/mol. The SMILES string of the molecule is Cn1cnnc1SCC(=O)N1C[C@H]2CC[C@@H]1CN(Cc1cccnc1)C2. The van der Waals surface area contributed by atoms with Crippen LogP contribution in [-0.4, -0.2) is 66.9 Å². The Hall–Kier alpha value is -1.93. The van der Waals surface area contributed by atoms with Crippen LogP contribution in [0.5, 0.6) is 0 Å². The molecule has 2 aromatic heterocycles. The summed E-state index contributed by atoms with van der Waals surface area (Å²) in [6, 6.07) is 4.43. The molecule has 5 heterocycles. The van der Waals surface area contributed by atoms with Crippen molar-refractivity contribution in [3.8, 4) is 0 Å². The van der Waals surface area contributed by atoms with Gasteiger partial charge in [-0.3, -0.25) is 14.7 Å². The fourth-order valence-corrected chi connectivity index (χ4v) is 4.75. The Labute approximate surface area is 157 Å². The van der Waals surface area contributed by atoms with Crippen molar-refractivity contribution in [2.75, 3.05) is 25.4 Å². The van der Waals surface area contributed by atoms with Gasteiger partial charge in [0.05, 0.1) is 5.75 Å². The summed E-state index contributed by atoms with van der Waals surface area (Å²) in [4.78, 5) is 21.7. The zero-order chi connectivity index (χ0) is 17.9. The standard InChI is InChI=1S/C18H24N6OS/c1-22-13-20-21-18(22)26-12-17(25)24-10-15-4-5-16(24)11-23(9-15)8-14-3-2-6-19-7-14/h2-3,6-7,13,15-16H,4-5,8-12H2,1H3/t15-,16+/m0/s1. The molecular formula is C18H24N6OS. The number of amides is 1. The van der Waals surface area contributed by atoms with E-state index in [4.69, 9.17) is 0 Å². The van der Waals surface area contributed by atoms with Crippen LogP contribution in [0.4, 0.5) is 0 Å². The van der Waals surface area contributed by atoms with Gasteiger partial charge >= 0.3 is 0 Å². The molecule has 0 spiro atoms. The Morgan fingerprint density at radius 2 is 2.23 bits per heavy atom. The number of hydrogen-bond acceptors (Lipinski definition) is 6. The van der Waals surface area contributed by atoms with Crippen LogP contribution in [0.2, 0.25) is 0 Å². The van der Waals surface area contributed by atoms with Crippen molar-refractivity contribution in [1.29, 1.82) is 0 Å². The van der Waals surface area contributed by atoms with Gasteiger partial charge in [-0.25, -0.2) is 0 Å². The van der Waals surface area contributed by atoms with Crippen molar-refractivity contribution in [1.82, 2.24) is 29.5 Å². The van der Waals surface area contributed by atoms with Crippen molar-refractivity contribution < 1.29 is 4.79 Å². The highest BCUT2D eigenvalue weighted by atomic mass is 32.2. The summed E-state index contributed by atoms with van der Waals surface area (Å²) < 4.78 is 1.85. The van der Waals surface area contributed by atoms with Gasteiger partial charge in [-0.05, 0) is 30.4 Å². The molecule has 0 aliphatic carbocycles. The van der Waals surface area contributed by atoms with Gasteiger partial charge in [-0.2, -0.15) is 0 Å². The summed E-state index contributed by atoms with van der Waals surface area (Å²) in [5.41, 5.74) is 1.24. The number of aryl methyl sites for hydroxylation is 1. The predicted octanol–water partition coefficient (Wildman–Crippen LogP) is 1.43. The maximum atomic E-state index is 12.8. The lowest BCUT2D eigenvalue weighted by molar-refractivity contribution is -0.132. The summed E-state index contributed by atoms with van der Waals surface area (Å²) in [7, 11) is 1.90. The van der Waals surface area contributed by atoms with Crippen molar-refractivity contribution in [2.24, 2.45) is 13.0 Å². The lowest BCUT2D eigenvalue weighted by Gasteiger charge is -2.36. The van der Waals surface area contributed by atoms with Crippen LogP contribution in [0.1, 0.15) is 18.4 Å². The molecule has 7 nitrogen and oxygen atoms in total. The van der Waals surface area contributed by atoms with Gasteiger partial charge in [-0.1, -0.05) is 17.8 Å². The van der Waals surface area contributed by atoms with E-state index in [9.17, 15) is 4.79 Å². The lowest BCUT2D eigenvalue weighted by atomic mass is 9.95. The summed E-state index contributed by atoms with van der Waals surface area (Å²) in [6.07, 6.45) is 7.73. The number of hydrogen-bond donors (Lipinski definition) is 0. The first-order valence-electron chi connectivity index (χ1n) is 9.06. The molecule has 3 fully saturated rings. The van der Waals surface area contributed by atoms with Crippen molar-refractivity contribution in [2.45, 2.75) is 30.6 Å². The van der Waals surface area contributed by atoms with Crippen LogP contribution >= 0.6 is 11.8 Å². The van der Waals surface area contributed by atoms with Crippen molar-refractivity contribution in [3.05, 3.63) is 36.4 Å². The van der Waals surface area contributed by atoms with Gasteiger partial charge in [-0.15, -0.1) is 10.2 Å². The molecule has 3 aliphatic rings. The summed E-state index contributed by atoms with van der Waals surface area (Å²) in [5.74, 6) is 1.21. The predicted molar refractivity (Wildman–Crippen MR) is 99.5 cm³/mol. The van der Waals surface area contributed by atoms with Crippen LogP contribution in [0.15, 0.2) is 36.0 Å². The number of piperidine rings is 1. The van der Waals surface area contributed by atoms with E-state index in [-0.39, 0.29) is 5.91 Å². The molecule has 0 radical (unpaired) electrons. The average Bonchev–Trinajstić information content (AvgIpc) is 2.87. The first kappa shape index (κ1) is 17.5. The second kappa shape index (κ2) is 7.75. The van der Waals surface area contributed by atoms with Crippen LogP contribution < -0.4 is 0 Å². The zero-order valence-corrected chi connectivity index (χ0v) is 15.8. The number of aromatic nitrogens is 4. The molecule has 0 N–H and O–H groups in total. The number of nitrogens with zero attached hydrogens (tertiary/aromatic N) is 6. The Morgan fingerprint density at radius 1 is 1.31 bits per heavy atom. The van der Waals surface area contributed by atoms with Gasteiger partial charge in [0.25, 0.3) is 0 Å². The highest BCUT2D eigenvalue weighted by molar-refractivity contribution is 7.99. The highest BCUT2D eigenvalue weighted by Gasteiger charge is 2.37. The fraction of sp³-hybridized carbons (Fsp3) is 0.556. The van der Waals surface area contributed by atoms with Gasteiger partial charge in [0.15, 0.2) is 5.16 Å². The second-order valence-corrected chi connectivity index (χ2v) is 8.15. The van der Waals surface area contributed by atoms with E-state index >= 15 is 0 Å². The fourth-order valence-electron chi connectivity index (χ4n) is 3.98. The first-order chi connectivity index (χ1) is 12.7. The highest BCUT2D eigenvalue weighted by Crippen LogP contribution is 2.29. The summed E-state index contributed by atoms with van der Waals surface area (Å²) in [5, 5.41) is 8.71. The second-order valence-electron chi connectivity index (χ2n) is 7.21. The maximum Gasteiger partial charge on any atom is 0.233 e. The number of rotatable bonds is 5. The number of carbonyl (C=O) groups excluding carboxylic acids is 1. The number of pyridine rings is 1. The smallest absolute Gasteiger partial charge is 0.233 e. The van der Waals surface area contributed by atoms with Crippen molar-refractivity contribution in [3.63, 3.8) is 0 Å². The van der Waals surface area contributed by atoms with Gasteiger partial charge in [0, 0.05) is 51.7 Å². The molecule has 26 heavy (non-hydrogen) atoms. The topological polar surface area (TPSA) is 67.2 Å². The molecular weight excluding hydrogens is 348 g/mol. The van der Waals surface area contributed by atoms with Crippen molar-refractivity contribution >= 4 is 17.7 Å². The number of fused-ring (bicyclic) bond motifs is 4. The Kier molecular flexibility index (Phi) is 5.21. The Balaban J connectivity index is 1.38. The van der Waals surface area contributed by atoms with E-state index in [1.807, 2.05) is 30.1 Å². The van der Waals surface area contributed by atoms with Crippen LogP contribution in [0.3, 0.4) is 0 Å². The summed E-state index contributed by atoms with van der Waals surface area (Å²) in [6.45, 7) is 3.81. The molecule has 2 bridgehead atoms. The molecule has 1 amide bonds. The quantitative estimate of drug-likeness (QED) is 0.740. The third-order valence-electron chi connectivity index (χ3n) is 5.23. The molecule has 8 heteroatoms. The maximum absolute atomic E-state index is 12.8. The van der Waals surface area contributed by atoms with Crippen LogP contribution in [0, 0.1) is 5.92 Å². The minimum absolute atomic E-state index is 0.218. The van der Waals surface area contributed by atoms with Crippen LogP contribution in [-0.2, 0) is 18.4 Å². The van der Waals surface area contributed by atoms with Gasteiger partial charge < -0.3 is 9.47 Å². The van der Waals surface area contributed by atoms with E-state index in [1.54, 1.807) is 6.33 Å². The van der Waals surface area contributed by atoms with E-state index in [0.29, 0.717) is 17.7 Å². The minimum Gasteiger partial charge on any atom is -0.337 e. The van der Waals surface area contributed by atoms with E-state index in [2.05, 4.69) is 31.0 Å². The molecule has 2 aromatic rings. The van der Waals surface area contributed by atoms with E-state index in [0.717, 1.165) is 37.8 Å². The molecule has 0 saturated carbocycles. The van der Waals surface area contributed by atoms with E-state index < -0.39 is 0 Å². The largest absolute Gasteiger partial charge is 0.337 e. The molecule has 2 atom stereocenters. The number of thioether (sulfide) groups is 1. The molecule has 0 aromatic carbocycles. The van der Waals surface area contributed by atoms with Crippen LogP contribution in [0.25, 0.3) is 0 Å². The van der Waals surface area contributed by atoms with Gasteiger partial charge in [0.2, 0.25) is 5.91 Å². The molecule has 138 valence electrons. The Morgan fingerprint density at radius 3 is 3.00 bits per heavy atom. The monoisotopic (exact) mass is 372 g/mol. The first-order valence-corrected chi connectivity index (χ1v) is 10.0. The Bertz CT molecular complexity index is 751. The number of carbonyl (C=O) groups is 1. The lowest BCUT2D eigenvalue weighted by Crippen LogP contribution is -2.48. The third kappa shape index (κ3) is 3.91. The molecule has 3 saturated heterocycles. The van der Waals surface area contributed by atoms with E-state index in [1.165, 1.54) is 23.7 Å². The summed E-state index contributed by atoms with van der Waals surface area (Å²) >= 11 is 1.47. The third-order valence-corrected chi connectivity index (χ3v) is 6.25. The molecule has 3 aliphatic heterocycles. The minimum atomic E-state index is 0.218.